The van der Waals surface area contributed by atoms with E-state index >= 15 is 0 Å². The Bertz CT molecular complexity index is 445. The quantitative estimate of drug-likeness (QED) is 0.701. The third-order valence-electron chi connectivity index (χ3n) is 2.45. The first-order valence-electron chi connectivity index (χ1n) is 5.82. The smallest absolute Gasteiger partial charge is 0.119 e. The van der Waals surface area contributed by atoms with Gasteiger partial charge < -0.3 is 4.74 Å². The zero-order valence-corrected chi connectivity index (χ0v) is 9.75. The lowest BCUT2D eigenvalue weighted by atomic mass is 10.1. The van der Waals surface area contributed by atoms with Crippen molar-refractivity contribution in [1.29, 1.82) is 0 Å². The van der Waals surface area contributed by atoms with Crippen molar-refractivity contribution < 1.29 is 4.74 Å². The Morgan fingerprint density at radius 2 is 1.41 bits per heavy atom. The van der Waals surface area contributed by atoms with Crippen molar-refractivity contribution in [3.8, 4) is 5.75 Å². The molecule has 0 N–H and O–H groups in total. The molecular weight excluding hydrogens is 208 g/mol. The van der Waals surface area contributed by atoms with E-state index in [0.29, 0.717) is 6.61 Å². The number of ether oxygens (including phenoxy) is 1. The van der Waals surface area contributed by atoms with Crippen LogP contribution >= 0.6 is 0 Å². The molecule has 0 aliphatic rings. The van der Waals surface area contributed by atoms with Gasteiger partial charge in [-0.15, -0.1) is 0 Å². The Hall–Kier alpha value is -2.02. The lowest BCUT2D eigenvalue weighted by Crippen LogP contribution is -1.92. The average molecular weight is 224 g/mol. The molecule has 2 aromatic rings. The van der Waals surface area contributed by atoms with Crippen LogP contribution < -0.4 is 4.74 Å². The summed E-state index contributed by atoms with van der Waals surface area (Å²) < 4.78 is 5.56. The van der Waals surface area contributed by atoms with Crippen molar-refractivity contribution >= 4 is 0 Å². The van der Waals surface area contributed by atoms with Crippen LogP contribution in [0.5, 0.6) is 5.75 Å². The summed E-state index contributed by atoms with van der Waals surface area (Å²) in [7, 11) is 0. The van der Waals surface area contributed by atoms with Gasteiger partial charge in [-0.1, -0.05) is 60.7 Å². The fourth-order valence-electron chi connectivity index (χ4n) is 1.56. The maximum Gasteiger partial charge on any atom is 0.119 e. The van der Waals surface area contributed by atoms with Crippen LogP contribution in [0.2, 0.25) is 0 Å². The second-order valence-electron chi connectivity index (χ2n) is 3.79. The predicted molar refractivity (Wildman–Crippen MR) is 71.2 cm³/mol. The van der Waals surface area contributed by atoms with E-state index in [9.17, 15) is 0 Å². The van der Waals surface area contributed by atoms with Gasteiger partial charge in [0, 0.05) is 0 Å². The minimum atomic E-state index is 0.622. The molecule has 2 rings (SSSR count). The van der Waals surface area contributed by atoms with Crippen molar-refractivity contribution in [3.05, 3.63) is 78.4 Å². The van der Waals surface area contributed by atoms with E-state index in [0.717, 1.165) is 12.2 Å². The third kappa shape index (κ3) is 4.15. The minimum absolute atomic E-state index is 0.622. The molecule has 0 unspecified atom stereocenters. The molecule has 0 aromatic heterocycles. The Kier molecular flexibility index (Phi) is 4.41. The van der Waals surface area contributed by atoms with E-state index in [2.05, 4.69) is 36.4 Å². The maximum atomic E-state index is 5.56. The zero-order chi connectivity index (χ0) is 11.8. The Morgan fingerprint density at radius 3 is 2.12 bits per heavy atom. The van der Waals surface area contributed by atoms with E-state index in [-0.39, 0.29) is 0 Å². The highest BCUT2D eigenvalue weighted by Gasteiger charge is 1.88. The van der Waals surface area contributed by atoms with Gasteiger partial charge >= 0.3 is 0 Å². The maximum absolute atomic E-state index is 5.56. The molecule has 0 heterocycles. The first kappa shape index (κ1) is 11.5. The van der Waals surface area contributed by atoms with Gasteiger partial charge in [-0.25, -0.2) is 0 Å². The predicted octanol–water partition coefficient (Wildman–Crippen LogP) is 3.86. The van der Waals surface area contributed by atoms with Gasteiger partial charge in [0.05, 0.1) is 0 Å². The van der Waals surface area contributed by atoms with Crippen LogP contribution in [0.4, 0.5) is 0 Å². The standard InChI is InChI=1S/C16H16O/c1-3-9-15(10-4-1)11-7-8-14-17-16-12-5-2-6-13-16/h1-10,12-13H,11,14H2. The van der Waals surface area contributed by atoms with Gasteiger partial charge in [-0.05, 0) is 24.1 Å². The Morgan fingerprint density at radius 1 is 0.765 bits per heavy atom. The third-order valence-corrected chi connectivity index (χ3v) is 2.45. The molecule has 0 bridgehead atoms. The number of hydrogen-bond donors (Lipinski definition) is 0. The van der Waals surface area contributed by atoms with Gasteiger partial charge in [-0.3, -0.25) is 0 Å². The molecule has 0 saturated carbocycles. The number of rotatable bonds is 5. The molecule has 0 aliphatic carbocycles. The monoisotopic (exact) mass is 224 g/mol. The molecule has 17 heavy (non-hydrogen) atoms. The average Bonchev–Trinajstić information content (AvgIpc) is 2.41. The lowest BCUT2D eigenvalue weighted by Gasteiger charge is -2.01. The Balaban J connectivity index is 1.72. The first-order chi connectivity index (χ1) is 8.45. The SMILES string of the molecule is C(=CCc1ccccc1)COc1ccccc1. The van der Waals surface area contributed by atoms with Gasteiger partial charge in [0.15, 0.2) is 0 Å². The number of allylic oxidation sites excluding steroid dienone is 1. The van der Waals surface area contributed by atoms with Crippen LogP contribution in [-0.4, -0.2) is 6.61 Å². The highest BCUT2D eigenvalue weighted by Crippen LogP contribution is 2.08. The molecule has 0 spiro atoms. The van der Waals surface area contributed by atoms with Crippen molar-refractivity contribution in [2.45, 2.75) is 6.42 Å². The molecule has 0 atom stereocenters. The molecule has 1 nitrogen and oxygen atoms in total. The molecule has 86 valence electrons. The van der Waals surface area contributed by atoms with E-state index in [1.807, 2.05) is 36.4 Å². The fraction of sp³-hybridized carbons (Fsp3) is 0.125. The summed E-state index contributed by atoms with van der Waals surface area (Å²) in [5.74, 6) is 0.914. The second kappa shape index (κ2) is 6.54. The molecular formula is C16H16O. The molecule has 1 heteroatoms. The van der Waals surface area contributed by atoms with Gasteiger partial charge in [-0.2, -0.15) is 0 Å². The highest BCUT2D eigenvalue weighted by atomic mass is 16.5. The largest absolute Gasteiger partial charge is 0.490 e. The second-order valence-corrected chi connectivity index (χ2v) is 3.79. The summed E-state index contributed by atoms with van der Waals surface area (Å²) in [5.41, 5.74) is 1.32. The Labute approximate surface area is 102 Å². The normalized spacial score (nSPS) is 10.6. The van der Waals surface area contributed by atoms with Crippen LogP contribution in [0.3, 0.4) is 0 Å². The van der Waals surface area contributed by atoms with E-state index in [1.54, 1.807) is 0 Å². The molecule has 0 aliphatic heterocycles. The molecule has 2 aromatic carbocycles. The summed E-state index contributed by atoms with van der Waals surface area (Å²) >= 11 is 0. The highest BCUT2D eigenvalue weighted by molar-refractivity contribution is 5.21. The van der Waals surface area contributed by atoms with Crippen LogP contribution in [0.25, 0.3) is 0 Å². The molecule has 0 fully saturated rings. The van der Waals surface area contributed by atoms with Crippen molar-refractivity contribution in [3.63, 3.8) is 0 Å². The number of benzene rings is 2. The molecule has 0 saturated heterocycles. The zero-order valence-electron chi connectivity index (χ0n) is 9.75. The summed E-state index contributed by atoms with van der Waals surface area (Å²) in [6.45, 7) is 0.622. The first-order valence-corrected chi connectivity index (χ1v) is 5.82. The number of hydrogen-bond acceptors (Lipinski definition) is 1. The van der Waals surface area contributed by atoms with E-state index in [1.165, 1.54) is 5.56 Å². The van der Waals surface area contributed by atoms with Crippen LogP contribution in [0.1, 0.15) is 5.56 Å². The van der Waals surface area contributed by atoms with E-state index in [4.69, 9.17) is 4.74 Å². The van der Waals surface area contributed by atoms with Crippen LogP contribution in [-0.2, 0) is 6.42 Å². The molecule has 0 radical (unpaired) electrons. The molecule has 0 amide bonds. The van der Waals surface area contributed by atoms with Crippen molar-refractivity contribution in [2.24, 2.45) is 0 Å². The van der Waals surface area contributed by atoms with Crippen LogP contribution in [0, 0.1) is 0 Å². The van der Waals surface area contributed by atoms with Crippen molar-refractivity contribution in [2.75, 3.05) is 6.61 Å². The summed E-state index contributed by atoms with van der Waals surface area (Å²) in [6, 6.07) is 20.3. The van der Waals surface area contributed by atoms with Crippen LogP contribution in [0.15, 0.2) is 72.8 Å². The van der Waals surface area contributed by atoms with Gasteiger partial charge in [0.25, 0.3) is 0 Å². The van der Waals surface area contributed by atoms with Gasteiger partial charge in [0.1, 0.15) is 12.4 Å². The summed E-state index contributed by atoms with van der Waals surface area (Å²) in [4.78, 5) is 0. The fourth-order valence-corrected chi connectivity index (χ4v) is 1.56. The lowest BCUT2D eigenvalue weighted by molar-refractivity contribution is 0.362. The summed E-state index contributed by atoms with van der Waals surface area (Å²) in [5, 5.41) is 0. The van der Waals surface area contributed by atoms with E-state index < -0.39 is 0 Å². The minimum Gasteiger partial charge on any atom is -0.490 e. The van der Waals surface area contributed by atoms with Gasteiger partial charge in [0.2, 0.25) is 0 Å². The topological polar surface area (TPSA) is 9.23 Å². The summed E-state index contributed by atoms with van der Waals surface area (Å²) in [6.07, 6.45) is 5.15. The van der Waals surface area contributed by atoms with Crippen molar-refractivity contribution in [1.82, 2.24) is 0 Å². The number of para-hydroxylation sites is 1.